The van der Waals surface area contributed by atoms with Crippen LogP contribution in [-0.2, 0) is 11.2 Å². The third-order valence-corrected chi connectivity index (χ3v) is 5.38. The quantitative estimate of drug-likeness (QED) is 0.735. The molecule has 7 heteroatoms. The first kappa shape index (κ1) is 17.5. The molecule has 6 nitrogen and oxygen atoms in total. The van der Waals surface area contributed by atoms with Crippen LogP contribution in [-0.4, -0.2) is 25.5 Å². The molecule has 3 aromatic heterocycles. The van der Waals surface area contributed by atoms with E-state index in [1.165, 1.54) is 11.2 Å². The number of thiophene rings is 1. The number of rotatable bonds is 6. The summed E-state index contributed by atoms with van der Waals surface area (Å²) in [6.45, 7) is 8.20. The molecule has 0 fully saturated rings. The van der Waals surface area contributed by atoms with Gasteiger partial charge in [0.15, 0.2) is 0 Å². The van der Waals surface area contributed by atoms with Gasteiger partial charge in [0.2, 0.25) is 5.91 Å². The summed E-state index contributed by atoms with van der Waals surface area (Å²) in [6, 6.07) is 4.16. The van der Waals surface area contributed by atoms with Crippen molar-refractivity contribution in [1.29, 1.82) is 0 Å². The molecule has 25 heavy (non-hydrogen) atoms. The van der Waals surface area contributed by atoms with Crippen molar-refractivity contribution < 1.29 is 4.79 Å². The van der Waals surface area contributed by atoms with E-state index in [0.717, 1.165) is 17.0 Å². The minimum atomic E-state index is 0.0598. The minimum Gasteiger partial charge on any atom is -0.348 e. The Morgan fingerprint density at radius 1 is 1.36 bits per heavy atom. The Morgan fingerprint density at radius 2 is 2.16 bits per heavy atom. The Labute approximate surface area is 151 Å². The van der Waals surface area contributed by atoms with Crippen LogP contribution in [0.1, 0.15) is 48.1 Å². The largest absolute Gasteiger partial charge is 0.348 e. The fourth-order valence-corrected chi connectivity index (χ4v) is 3.98. The van der Waals surface area contributed by atoms with Crippen LogP contribution in [0.3, 0.4) is 0 Å². The van der Waals surface area contributed by atoms with Gasteiger partial charge in [-0.15, -0.1) is 11.3 Å². The van der Waals surface area contributed by atoms with Crippen molar-refractivity contribution in [3.05, 3.63) is 45.7 Å². The first-order chi connectivity index (χ1) is 12.0. The molecule has 0 unspecified atom stereocenters. The maximum absolute atomic E-state index is 12.5. The lowest BCUT2D eigenvalue weighted by Gasteiger charge is -2.21. The number of hydrogen-bond donors (Lipinski definition) is 1. The minimum absolute atomic E-state index is 0.0598. The predicted molar refractivity (Wildman–Crippen MR) is 98.6 cm³/mol. The summed E-state index contributed by atoms with van der Waals surface area (Å²) < 4.78 is 1.73. The summed E-state index contributed by atoms with van der Waals surface area (Å²) in [4.78, 5) is 22.3. The van der Waals surface area contributed by atoms with Crippen LogP contribution in [0.5, 0.6) is 0 Å². The van der Waals surface area contributed by atoms with Crippen molar-refractivity contribution in [1.82, 2.24) is 24.9 Å². The topological polar surface area (TPSA) is 72.2 Å². The van der Waals surface area contributed by atoms with Gasteiger partial charge >= 0.3 is 0 Å². The zero-order chi connectivity index (χ0) is 18.0. The zero-order valence-electron chi connectivity index (χ0n) is 15.0. The van der Waals surface area contributed by atoms with Gasteiger partial charge in [0, 0.05) is 22.7 Å². The van der Waals surface area contributed by atoms with Crippen LogP contribution in [0.4, 0.5) is 0 Å². The summed E-state index contributed by atoms with van der Waals surface area (Å²) in [6.07, 6.45) is 2.57. The Bertz CT molecular complexity index is 869. The van der Waals surface area contributed by atoms with E-state index in [9.17, 15) is 4.79 Å². The number of aromatic nitrogens is 4. The molecule has 0 aliphatic carbocycles. The molecule has 1 amide bonds. The predicted octanol–water partition coefficient (Wildman–Crippen LogP) is 3.25. The van der Waals surface area contributed by atoms with Crippen LogP contribution < -0.4 is 5.32 Å². The summed E-state index contributed by atoms with van der Waals surface area (Å²) in [7, 11) is 0. The molecule has 0 aliphatic heterocycles. The number of carbonyl (C=O) groups excluding carboxylic acids is 1. The third kappa shape index (κ3) is 3.71. The number of hydrogen-bond acceptors (Lipinski definition) is 5. The molecule has 0 bridgehead atoms. The van der Waals surface area contributed by atoms with Crippen molar-refractivity contribution in [2.24, 2.45) is 5.92 Å². The van der Waals surface area contributed by atoms with Crippen molar-refractivity contribution in [2.75, 3.05) is 0 Å². The molecule has 0 radical (unpaired) electrons. The average Bonchev–Trinajstić information content (AvgIpc) is 3.23. The second-order valence-electron chi connectivity index (χ2n) is 6.54. The van der Waals surface area contributed by atoms with E-state index >= 15 is 0 Å². The van der Waals surface area contributed by atoms with Gasteiger partial charge in [-0.05, 0) is 43.2 Å². The highest BCUT2D eigenvalue weighted by molar-refractivity contribution is 7.10. The maximum atomic E-state index is 12.5. The van der Waals surface area contributed by atoms with Gasteiger partial charge < -0.3 is 5.32 Å². The molecule has 132 valence electrons. The molecular weight excluding hydrogens is 334 g/mol. The Hall–Kier alpha value is -2.28. The normalized spacial score (nSPS) is 12.7. The van der Waals surface area contributed by atoms with Crippen LogP contribution in [0.15, 0.2) is 23.8 Å². The van der Waals surface area contributed by atoms with Gasteiger partial charge in [0.1, 0.15) is 6.33 Å². The molecule has 0 saturated heterocycles. The number of nitrogens with zero attached hydrogens (tertiary/aromatic N) is 4. The van der Waals surface area contributed by atoms with E-state index in [1.54, 1.807) is 15.9 Å². The molecular formula is C18H23N5OS. The lowest BCUT2D eigenvalue weighted by Crippen LogP contribution is -2.31. The van der Waals surface area contributed by atoms with Gasteiger partial charge in [-0.2, -0.15) is 10.1 Å². The number of aryl methyl sites for hydroxylation is 2. The summed E-state index contributed by atoms with van der Waals surface area (Å²) in [5.41, 5.74) is 2.96. The summed E-state index contributed by atoms with van der Waals surface area (Å²) in [5.74, 6) is 1.00. The highest BCUT2D eigenvalue weighted by Gasteiger charge is 2.20. The van der Waals surface area contributed by atoms with Gasteiger partial charge in [-0.1, -0.05) is 19.9 Å². The fraction of sp³-hybridized carbons (Fsp3) is 0.444. The molecule has 1 N–H and O–H groups in total. The summed E-state index contributed by atoms with van der Waals surface area (Å²) in [5, 5.41) is 9.42. The van der Waals surface area contributed by atoms with Gasteiger partial charge in [0.25, 0.3) is 5.78 Å². The Morgan fingerprint density at radius 3 is 2.84 bits per heavy atom. The lowest BCUT2D eigenvalue weighted by atomic mass is 10.0. The molecule has 1 atom stereocenters. The number of carbonyl (C=O) groups is 1. The Kier molecular flexibility index (Phi) is 5.13. The van der Waals surface area contributed by atoms with E-state index in [1.807, 2.05) is 25.3 Å². The SMILES string of the molecule is Cc1nc2ncnn2c(C)c1CCC(=O)N[C@@H](c1cccs1)C(C)C. The highest BCUT2D eigenvalue weighted by Crippen LogP contribution is 2.26. The monoisotopic (exact) mass is 357 g/mol. The van der Waals surface area contributed by atoms with Crippen LogP contribution in [0, 0.1) is 19.8 Å². The summed E-state index contributed by atoms with van der Waals surface area (Å²) >= 11 is 1.68. The van der Waals surface area contributed by atoms with E-state index < -0.39 is 0 Å². The second-order valence-corrected chi connectivity index (χ2v) is 7.52. The van der Waals surface area contributed by atoms with E-state index in [0.29, 0.717) is 24.5 Å². The van der Waals surface area contributed by atoms with E-state index in [4.69, 9.17) is 0 Å². The van der Waals surface area contributed by atoms with Gasteiger partial charge in [0.05, 0.1) is 6.04 Å². The van der Waals surface area contributed by atoms with Crippen LogP contribution in [0.2, 0.25) is 0 Å². The van der Waals surface area contributed by atoms with Crippen LogP contribution >= 0.6 is 11.3 Å². The third-order valence-electron chi connectivity index (χ3n) is 4.42. The first-order valence-electron chi connectivity index (χ1n) is 8.46. The molecule has 3 aromatic rings. The number of nitrogens with one attached hydrogen (secondary N) is 1. The first-order valence-corrected chi connectivity index (χ1v) is 9.34. The number of fused-ring (bicyclic) bond motifs is 1. The number of amides is 1. The fourth-order valence-electron chi connectivity index (χ4n) is 3.04. The second kappa shape index (κ2) is 7.31. The molecule has 3 heterocycles. The smallest absolute Gasteiger partial charge is 0.252 e. The zero-order valence-corrected chi connectivity index (χ0v) is 15.8. The molecule has 0 aromatic carbocycles. The van der Waals surface area contributed by atoms with Crippen LogP contribution in [0.25, 0.3) is 5.78 Å². The van der Waals surface area contributed by atoms with Gasteiger partial charge in [-0.3, -0.25) is 4.79 Å². The molecule has 0 aliphatic rings. The van der Waals surface area contributed by atoms with E-state index in [2.05, 4.69) is 40.3 Å². The molecule has 0 spiro atoms. The maximum Gasteiger partial charge on any atom is 0.252 e. The van der Waals surface area contributed by atoms with E-state index in [-0.39, 0.29) is 11.9 Å². The van der Waals surface area contributed by atoms with Gasteiger partial charge in [-0.25, -0.2) is 9.50 Å². The highest BCUT2D eigenvalue weighted by atomic mass is 32.1. The van der Waals surface area contributed by atoms with Crippen molar-refractivity contribution in [3.63, 3.8) is 0 Å². The van der Waals surface area contributed by atoms with Crippen molar-refractivity contribution in [2.45, 2.75) is 46.6 Å². The Balaban J connectivity index is 1.70. The molecule has 3 rings (SSSR count). The van der Waals surface area contributed by atoms with Crippen molar-refractivity contribution >= 4 is 23.0 Å². The molecule has 0 saturated carbocycles. The lowest BCUT2D eigenvalue weighted by molar-refractivity contribution is -0.122. The van der Waals surface area contributed by atoms with Crippen molar-refractivity contribution in [3.8, 4) is 0 Å². The standard InChI is InChI=1S/C18H23N5OS/c1-11(2)17(15-6-5-9-25-15)22-16(24)8-7-14-12(3)21-18-19-10-20-23(18)13(14)4/h5-6,9-11,17H,7-8H2,1-4H3,(H,22,24)/t17-/m1/s1. The average molecular weight is 357 g/mol.